The maximum atomic E-state index is 5.95. The summed E-state index contributed by atoms with van der Waals surface area (Å²) in [5, 5.41) is 0. The molecule has 1 heterocycles. The number of aryl methyl sites for hydroxylation is 1. The first-order chi connectivity index (χ1) is 7.81. The van der Waals surface area contributed by atoms with Crippen LogP contribution < -0.4 is 5.73 Å². The molecule has 1 aliphatic carbocycles. The molecule has 3 rings (SSSR count). The molecule has 1 spiro atoms. The summed E-state index contributed by atoms with van der Waals surface area (Å²) in [7, 11) is 0. The minimum atomic E-state index is -0.390. The van der Waals surface area contributed by atoms with Gasteiger partial charge in [-0.25, -0.2) is 0 Å². The first-order valence-electron chi connectivity index (χ1n) is 5.90. The van der Waals surface area contributed by atoms with Crippen LogP contribution in [-0.4, -0.2) is 25.0 Å². The summed E-state index contributed by atoms with van der Waals surface area (Å²) in [6.45, 7) is 1.18. The van der Waals surface area contributed by atoms with Gasteiger partial charge in [0.15, 0.2) is 5.79 Å². The van der Waals surface area contributed by atoms with E-state index in [4.69, 9.17) is 15.2 Å². The van der Waals surface area contributed by atoms with Gasteiger partial charge in [0.05, 0.1) is 12.7 Å². The van der Waals surface area contributed by atoms with Crippen LogP contribution in [0.4, 0.5) is 0 Å². The molecule has 1 fully saturated rings. The Labute approximate surface area is 95.5 Å². The Morgan fingerprint density at radius 1 is 1.31 bits per heavy atom. The van der Waals surface area contributed by atoms with E-state index in [-0.39, 0.29) is 6.10 Å². The maximum Gasteiger partial charge on any atom is 0.173 e. The fourth-order valence-electron chi connectivity index (χ4n) is 2.63. The van der Waals surface area contributed by atoms with Crippen molar-refractivity contribution < 1.29 is 9.47 Å². The van der Waals surface area contributed by atoms with Gasteiger partial charge < -0.3 is 15.2 Å². The van der Waals surface area contributed by atoms with Crippen LogP contribution in [0.2, 0.25) is 0 Å². The van der Waals surface area contributed by atoms with E-state index in [0.717, 1.165) is 19.3 Å². The normalized spacial score (nSPS) is 32.9. The Hall–Kier alpha value is -0.900. The molecular formula is C13H17NO2. The van der Waals surface area contributed by atoms with Crippen LogP contribution in [0.15, 0.2) is 24.3 Å². The maximum absolute atomic E-state index is 5.95. The van der Waals surface area contributed by atoms with Gasteiger partial charge in [-0.2, -0.15) is 0 Å². The third kappa shape index (κ3) is 1.65. The Morgan fingerprint density at radius 3 is 2.88 bits per heavy atom. The Kier molecular flexibility index (Phi) is 2.46. The topological polar surface area (TPSA) is 44.5 Å². The molecule has 2 aliphatic rings. The van der Waals surface area contributed by atoms with Gasteiger partial charge in [-0.3, -0.25) is 0 Å². The van der Waals surface area contributed by atoms with Crippen LogP contribution in [0.25, 0.3) is 0 Å². The molecule has 0 amide bonds. The molecule has 1 saturated heterocycles. The lowest BCUT2D eigenvalue weighted by Gasteiger charge is -2.33. The molecule has 0 aromatic heterocycles. The Bertz CT molecular complexity index is 393. The summed E-state index contributed by atoms with van der Waals surface area (Å²) in [6.07, 6.45) is 2.92. The molecule has 3 heteroatoms. The molecule has 1 aliphatic heterocycles. The summed E-state index contributed by atoms with van der Waals surface area (Å²) < 4.78 is 11.8. The predicted molar refractivity (Wildman–Crippen MR) is 61.1 cm³/mol. The number of hydrogen-bond donors (Lipinski definition) is 1. The molecule has 1 aromatic carbocycles. The molecular weight excluding hydrogens is 202 g/mol. The second-order valence-electron chi connectivity index (χ2n) is 4.64. The molecule has 16 heavy (non-hydrogen) atoms. The van der Waals surface area contributed by atoms with Crippen molar-refractivity contribution in [2.45, 2.75) is 31.2 Å². The fourth-order valence-corrected chi connectivity index (χ4v) is 2.63. The van der Waals surface area contributed by atoms with Crippen molar-refractivity contribution in [3.05, 3.63) is 35.4 Å². The number of nitrogens with two attached hydrogens (primary N) is 1. The SMILES string of the molecule is NCC1COC2(CCc3ccccc3C2)O1. The van der Waals surface area contributed by atoms with Crippen molar-refractivity contribution >= 4 is 0 Å². The van der Waals surface area contributed by atoms with E-state index in [1.165, 1.54) is 11.1 Å². The average Bonchev–Trinajstić information content (AvgIpc) is 2.72. The van der Waals surface area contributed by atoms with Gasteiger partial charge in [-0.05, 0) is 17.5 Å². The Morgan fingerprint density at radius 2 is 2.12 bits per heavy atom. The first kappa shape index (κ1) is 10.3. The lowest BCUT2D eigenvalue weighted by Crippen LogP contribution is -2.38. The number of ether oxygens (including phenoxy) is 2. The zero-order valence-electron chi connectivity index (χ0n) is 9.32. The first-order valence-corrected chi connectivity index (χ1v) is 5.90. The lowest BCUT2D eigenvalue weighted by atomic mass is 9.87. The van der Waals surface area contributed by atoms with E-state index in [1.807, 2.05) is 0 Å². The van der Waals surface area contributed by atoms with Crippen LogP contribution in [0.3, 0.4) is 0 Å². The summed E-state index contributed by atoms with van der Waals surface area (Å²) in [4.78, 5) is 0. The summed E-state index contributed by atoms with van der Waals surface area (Å²) in [5.41, 5.74) is 8.39. The van der Waals surface area contributed by atoms with Crippen molar-refractivity contribution in [2.24, 2.45) is 5.73 Å². The second kappa shape index (κ2) is 3.84. The van der Waals surface area contributed by atoms with Crippen LogP contribution in [0.5, 0.6) is 0 Å². The van der Waals surface area contributed by atoms with Gasteiger partial charge in [0.25, 0.3) is 0 Å². The van der Waals surface area contributed by atoms with E-state index >= 15 is 0 Å². The second-order valence-corrected chi connectivity index (χ2v) is 4.64. The van der Waals surface area contributed by atoms with Crippen LogP contribution in [0, 0.1) is 0 Å². The molecule has 3 nitrogen and oxygen atoms in total. The van der Waals surface area contributed by atoms with Crippen LogP contribution >= 0.6 is 0 Å². The monoisotopic (exact) mass is 219 g/mol. The van der Waals surface area contributed by atoms with Gasteiger partial charge in [-0.1, -0.05) is 24.3 Å². The summed E-state index contributed by atoms with van der Waals surface area (Å²) in [5.74, 6) is -0.390. The van der Waals surface area contributed by atoms with Crippen molar-refractivity contribution in [1.29, 1.82) is 0 Å². The molecule has 0 radical (unpaired) electrons. The van der Waals surface area contributed by atoms with E-state index in [9.17, 15) is 0 Å². The minimum absolute atomic E-state index is 0.0743. The van der Waals surface area contributed by atoms with Crippen molar-refractivity contribution in [2.75, 3.05) is 13.2 Å². The van der Waals surface area contributed by atoms with E-state index in [2.05, 4.69) is 24.3 Å². The summed E-state index contributed by atoms with van der Waals surface area (Å²) in [6, 6.07) is 8.53. The molecule has 2 unspecified atom stereocenters. The number of rotatable bonds is 1. The quantitative estimate of drug-likeness (QED) is 0.773. The van der Waals surface area contributed by atoms with Gasteiger partial charge in [0, 0.05) is 19.4 Å². The predicted octanol–water partition coefficient (Wildman–Crippen LogP) is 1.25. The van der Waals surface area contributed by atoms with Gasteiger partial charge in [-0.15, -0.1) is 0 Å². The molecule has 1 aromatic rings. The van der Waals surface area contributed by atoms with Crippen molar-refractivity contribution in [3.63, 3.8) is 0 Å². The number of benzene rings is 1. The minimum Gasteiger partial charge on any atom is -0.347 e. The molecule has 0 bridgehead atoms. The highest BCUT2D eigenvalue weighted by atomic mass is 16.7. The van der Waals surface area contributed by atoms with Gasteiger partial charge >= 0.3 is 0 Å². The Balaban J connectivity index is 1.83. The largest absolute Gasteiger partial charge is 0.347 e. The molecule has 2 N–H and O–H groups in total. The van der Waals surface area contributed by atoms with E-state index < -0.39 is 5.79 Å². The molecule has 2 atom stereocenters. The van der Waals surface area contributed by atoms with Crippen molar-refractivity contribution in [3.8, 4) is 0 Å². The van der Waals surface area contributed by atoms with E-state index in [0.29, 0.717) is 13.2 Å². The molecule has 0 saturated carbocycles. The van der Waals surface area contributed by atoms with E-state index in [1.54, 1.807) is 0 Å². The smallest absolute Gasteiger partial charge is 0.173 e. The third-order valence-electron chi connectivity index (χ3n) is 3.53. The lowest BCUT2D eigenvalue weighted by molar-refractivity contribution is -0.173. The third-order valence-corrected chi connectivity index (χ3v) is 3.53. The fraction of sp³-hybridized carbons (Fsp3) is 0.538. The van der Waals surface area contributed by atoms with Crippen LogP contribution in [-0.2, 0) is 22.3 Å². The zero-order valence-corrected chi connectivity index (χ0v) is 9.32. The average molecular weight is 219 g/mol. The van der Waals surface area contributed by atoms with Crippen LogP contribution in [0.1, 0.15) is 17.5 Å². The number of fused-ring (bicyclic) bond motifs is 1. The standard InChI is InChI=1S/C13H17NO2/c14-8-12-9-15-13(16-12)6-5-10-3-1-2-4-11(10)7-13/h1-4,12H,5-9,14H2. The van der Waals surface area contributed by atoms with Crippen molar-refractivity contribution in [1.82, 2.24) is 0 Å². The van der Waals surface area contributed by atoms with Gasteiger partial charge in [0.2, 0.25) is 0 Å². The highest BCUT2D eigenvalue weighted by molar-refractivity contribution is 5.31. The molecule has 86 valence electrons. The zero-order chi connectivity index (χ0) is 11.0. The summed E-state index contributed by atoms with van der Waals surface area (Å²) >= 11 is 0. The van der Waals surface area contributed by atoms with Gasteiger partial charge in [0.1, 0.15) is 0 Å². The highest BCUT2D eigenvalue weighted by Gasteiger charge is 2.43. The number of hydrogen-bond acceptors (Lipinski definition) is 3. The highest BCUT2D eigenvalue weighted by Crippen LogP contribution is 2.36.